The number of morpholine rings is 1. The number of carboxylic acids is 1. The van der Waals surface area contributed by atoms with Gasteiger partial charge in [-0.3, -0.25) is 9.69 Å². The number of carboxylic acid groups (broad SMARTS) is 1. The zero-order valence-electron chi connectivity index (χ0n) is 10.9. The summed E-state index contributed by atoms with van der Waals surface area (Å²) in [6.45, 7) is 2.02. The van der Waals surface area contributed by atoms with Crippen LogP contribution in [-0.4, -0.2) is 54.4 Å². The lowest BCUT2D eigenvalue weighted by Crippen LogP contribution is -2.53. The summed E-state index contributed by atoms with van der Waals surface area (Å²) in [5, 5.41) is 9.15. The summed E-state index contributed by atoms with van der Waals surface area (Å²) >= 11 is 0. The number of rotatable bonds is 5. The molecule has 1 aliphatic rings. The number of hydrogen-bond donors (Lipinski definition) is 2. The number of ether oxygens (including phenoxy) is 1. The molecule has 1 aromatic rings. The van der Waals surface area contributed by atoms with Crippen molar-refractivity contribution in [2.45, 2.75) is 18.5 Å². The van der Waals surface area contributed by atoms with Crippen molar-refractivity contribution in [1.29, 1.82) is 0 Å². The minimum Gasteiger partial charge on any atom is -0.480 e. The molecule has 2 rings (SSSR count). The second-order valence-corrected chi connectivity index (χ2v) is 4.87. The minimum atomic E-state index is -0.841. The van der Waals surface area contributed by atoms with Crippen LogP contribution in [0, 0.1) is 0 Å². The van der Waals surface area contributed by atoms with Gasteiger partial charge in [-0.25, -0.2) is 0 Å². The van der Waals surface area contributed by atoms with Crippen molar-refractivity contribution in [1.82, 2.24) is 4.90 Å². The molecule has 1 fully saturated rings. The van der Waals surface area contributed by atoms with Gasteiger partial charge in [-0.15, -0.1) is 0 Å². The molecule has 5 heteroatoms. The maximum absolute atomic E-state index is 11.1. The van der Waals surface area contributed by atoms with E-state index in [-0.39, 0.29) is 12.6 Å². The van der Waals surface area contributed by atoms with Crippen molar-refractivity contribution in [3.8, 4) is 0 Å². The molecular weight excluding hydrogens is 244 g/mol. The number of benzene rings is 1. The van der Waals surface area contributed by atoms with Crippen LogP contribution >= 0.6 is 0 Å². The lowest BCUT2D eigenvalue weighted by atomic mass is 10.1. The second-order valence-electron chi connectivity index (χ2n) is 4.87. The molecule has 0 radical (unpaired) electrons. The Morgan fingerprint density at radius 3 is 2.89 bits per heavy atom. The van der Waals surface area contributed by atoms with Gasteiger partial charge in [0.2, 0.25) is 0 Å². The number of hydrogen-bond acceptors (Lipinski definition) is 4. The third-order valence-corrected chi connectivity index (χ3v) is 3.33. The highest BCUT2D eigenvalue weighted by Crippen LogP contribution is 2.09. The summed E-state index contributed by atoms with van der Waals surface area (Å²) in [7, 11) is 0. The van der Waals surface area contributed by atoms with Gasteiger partial charge >= 0.3 is 5.97 Å². The van der Waals surface area contributed by atoms with Crippen LogP contribution in [0.1, 0.15) is 5.56 Å². The quantitative estimate of drug-likeness (QED) is 0.802. The molecule has 104 valence electrons. The Morgan fingerprint density at radius 2 is 2.21 bits per heavy atom. The van der Waals surface area contributed by atoms with E-state index in [4.69, 9.17) is 15.6 Å². The largest absolute Gasteiger partial charge is 0.480 e. The molecule has 0 aliphatic carbocycles. The third-order valence-electron chi connectivity index (χ3n) is 3.33. The molecule has 5 nitrogen and oxygen atoms in total. The Balaban J connectivity index is 1.90. The van der Waals surface area contributed by atoms with Gasteiger partial charge in [0.25, 0.3) is 0 Å². The van der Waals surface area contributed by atoms with Gasteiger partial charge in [-0.05, 0) is 12.0 Å². The highest BCUT2D eigenvalue weighted by atomic mass is 16.5. The molecule has 0 bridgehead atoms. The van der Waals surface area contributed by atoms with Gasteiger partial charge in [-0.1, -0.05) is 30.3 Å². The van der Waals surface area contributed by atoms with E-state index in [1.165, 1.54) is 5.56 Å². The average molecular weight is 264 g/mol. The van der Waals surface area contributed by atoms with Crippen molar-refractivity contribution >= 4 is 5.97 Å². The molecule has 1 unspecified atom stereocenters. The molecule has 1 aliphatic heterocycles. The molecule has 0 aromatic heterocycles. The van der Waals surface area contributed by atoms with E-state index in [0.29, 0.717) is 19.7 Å². The van der Waals surface area contributed by atoms with Crippen molar-refractivity contribution in [3.05, 3.63) is 35.9 Å². The van der Waals surface area contributed by atoms with E-state index < -0.39 is 12.0 Å². The zero-order chi connectivity index (χ0) is 13.7. The third kappa shape index (κ3) is 4.02. The molecule has 19 heavy (non-hydrogen) atoms. The van der Waals surface area contributed by atoms with Gasteiger partial charge in [0.1, 0.15) is 6.04 Å². The summed E-state index contributed by atoms with van der Waals surface area (Å²) in [5.41, 5.74) is 7.30. The molecule has 0 amide bonds. The van der Waals surface area contributed by atoms with Crippen LogP contribution in [0.15, 0.2) is 30.3 Å². The van der Waals surface area contributed by atoms with Crippen molar-refractivity contribution in [2.75, 3.05) is 26.3 Å². The van der Waals surface area contributed by atoms with E-state index >= 15 is 0 Å². The maximum atomic E-state index is 11.1. The summed E-state index contributed by atoms with van der Waals surface area (Å²) in [6.07, 6.45) is 0.755. The fourth-order valence-corrected chi connectivity index (χ4v) is 2.37. The molecule has 2 atom stereocenters. The van der Waals surface area contributed by atoms with Gasteiger partial charge in [0.15, 0.2) is 0 Å². The van der Waals surface area contributed by atoms with Crippen LogP contribution in [0.25, 0.3) is 0 Å². The Kier molecular flexibility index (Phi) is 4.90. The summed E-state index contributed by atoms with van der Waals surface area (Å²) < 4.78 is 5.21. The Morgan fingerprint density at radius 1 is 1.47 bits per heavy atom. The summed E-state index contributed by atoms with van der Waals surface area (Å²) in [5.74, 6) is -0.841. The van der Waals surface area contributed by atoms with Crippen LogP contribution in [0.4, 0.5) is 0 Å². The predicted molar refractivity (Wildman–Crippen MR) is 71.9 cm³/mol. The lowest BCUT2D eigenvalue weighted by Gasteiger charge is -2.34. The van der Waals surface area contributed by atoms with Gasteiger partial charge in [-0.2, -0.15) is 0 Å². The first-order valence-corrected chi connectivity index (χ1v) is 6.51. The number of aliphatic carboxylic acids is 1. The van der Waals surface area contributed by atoms with E-state index in [0.717, 1.165) is 6.42 Å². The van der Waals surface area contributed by atoms with Gasteiger partial charge in [0, 0.05) is 19.1 Å². The van der Waals surface area contributed by atoms with Crippen LogP contribution < -0.4 is 5.73 Å². The Labute approximate surface area is 113 Å². The van der Waals surface area contributed by atoms with Crippen molar-refractivity contribution < 1.29 is 14.6 Å². The van der Waals surface area contributed by atoms with Crippen LogP contribution in [0.5, 0.6) is 0 Å². The average Bonchev–Trinajstić information content (AvgIpc) is 2.40. The monoisotopic (exact) mass is 264 g/mol. The van der Waals surface area contributed by atoms with Crippen LogP contribution in [0.2, 0.25) is 0 Å². The maximum Gasteiger partial charge on any atom is 0.323 e. The Bertz CT molecular complexity index is 410. The van der Waals surface area contributed by atoms with Crippen LogP contribution in [0.3, 0.4) is 0 Å². The van der Waals surface area contributed by atoms with Gasteiger partial charge in [0.05, 0.1) is 13.2 Å². The fraction of sp³-hybridized carbons (Fsp3) is 0.500. The standard InChI is InChI=1S/C14H20N2O3/c15-12(8-11-4-2-1-3-5-11)9-16-6-7-19-10-13(16)14(17)18/h1-5,12-13H,6-10,15H2,(H,17,18)/t12-,13?/m0/s1. The van der Waals surface area contributed by atoms with Crippen molar-refractivity contribution in [3.63, 3.8) is 0 Å². The summed E-state index contributed by atoms with van der Waals surface area (Å²) in [6, 6.07) is 9.37. The highest BCUT2D eigenvalue weighted by molar-refractivity contribution is 5.73. The molecule has 0 saturated carbocycles. The van der Waals surface area contributed by atoms with Crippen molar-refractivity contribution in [2.24, 2.45) is 5.73 Å². The molecule has 0 spiro atoms. The number of nitrogens with zero attached hydrogens (tertiary/aromatic N) is 1. The van der Waals surface area contributed by atoms with E-state index in [2.05, 4.69) is 0 Å². The zero-order valence-corrected chi connectivity index (χ0v) is 10.9. The topological polar surface area (TPSA) is 75.8 Å². The number of carbonyl (C=O) groups is 1. The molecule has 3 N–H and O–H groups in total. The summed E-state index contributed by atoms with van der Waals surface area (Å²) in [4.78, 5) is 13.0. The highest BCUT2D eigenvalue weighted by Gasteiger charge is 2.29. The lowest BCUT2D eigenvalue weighted by molar-refractivity contribution is -0.149. The molecule has 1 saturated heterocycles. The predicted octanol–water partition coefficient (Wildman–Crippen LogP) is 0.342. The van der Waals surface area contributed by atoms with Crippen LogP contribution in [-0.2, 0) is 16.0 Å². The number of nitrogens with two attached hydrogens (primary N) is 1. The first kappa shape index (κ1) is 14.0. The SMILES string of the molecule is N[C@@H](Cc1ccccc1)CN1CCOCC1C(=O)O. The smallest absolute Gasteiger partial charge is 0.323 e. The first-order valence-electron chi connectivity index (χ1n) is 6.51. The normalized spacial score (nSPS) is 22.1. The van der Waals surface area contributed by atoms with Gasteiger partial charge < -0.3 is 15.6 Å². The molecule has 1 aromatic carbocycles. The fourth-order valence-electron chi connectivity index (χ4n) is 2.37. The minimum absolute atomic E-state index is 0.0673. The molecule has 1 heterocycles. The first-order chi connectivity index (χ1) is 9.16. The Hall–Kier alpha value is -1.43. The van der Waals surface area contributed by atoms with E-state index in [9.17, 15) is 4.79 Å². The molecular formula is C14H20N2O3. The second kappa shape index (κ2) is 6.65. The van der Waals surface area contributed by atoms with E-state index in [1.807, 2.05) is 35.2 Å². The van der Waals surface area contributed by atoms with E-state index in [1.54, 1.807) is 0 Å².